The van der Waals surface area contributed by atoms with Crippen LogP contribution in [0.2, 0.25) is 0 Å². The molecule has 1 aliphatic rings. The van der Waals surface area contributed by atoms with E-state index in [0.29, 0.717) is 30.3 Å². The van der Waals surface area contributed by atoms with Crippen LogP contribution in [0.3, 0.4) is 0 Å². The van der Waals surface area contributed by atoms with Crippen molar-refractivity contribution in [2.24, 2.45) is 0 Å². The number of amides is 1. The van der Waals surface area contributed by atoms with Gasteiger partial charge in [-0.1, -0.05) is 6.92 Å². The average molecular weight is 478 g/mol. The molecule has 3 rings (SSSR count). The molecule has 9 nitrogen and oxygen atoms in total. The van der Waals surface area contributed by atoms with Crippen LogP contribution in [0, 0.1) is 0 Å². The van der Waals surface area contributed by atoms with E-state index in [1.165, 1.54) is 39.5 Å². The summed E-state index contributed by atoms with van der Waals surface area (Å²) in [6.07, 6.45) is 0. The van der Waals surface area contributed by atoms with Gasteiger partial charge in [0.15, 0.2) is 11.5 Å². The molecule has 0 spiro atoms. The van der Waals surface area contributed by atoms with Crippen molar-refractivity contribution in [1.29, 1.82) is 0 Å². The minimum absolute atomic E-state index is 0.000398. The minimum atomic E-state index is -4.08. The highest BCUT2D eigenvalue weighted by Gasteiger charge is 2.31. The maximum atomic E-state index is 13.7. The van der Waals surface area contributed by atoms with Gasteiger partial charge < -0.3 is 24.0 Å². The fourth-order valence-electron chi connectivity index (χ4n) is 3.70. The summed E-state index contributed by atoms with van der Waals surface area (Å²) < 4.78 is 44.2. The normalized spacial score (nSPS) is 14.6. The molecule has 0 atom stereocenters. The molecular formula is C23H31N3O6S. The van der Waals surface area contributed by atoms with Gasteiger partial charge in [-0.05, 0) is 42.9 Å². The molecule has 0 radical (unpaired) electrons. The number of benzene rings is 2. The Morgan fingerprint density at radius 2 is 1.55 bits per heavy atom. The predicted molar refractivity (Wildman–Crippen MR) is 126 cm³/mol. The first-order chi connectivity index (χ1) is 15.8. The smallest absolute Gasteiger partial charge is 0.264 e. The van der Waals surface area contributed by atoms with Crippen LogP contribution < -0.4 is 18.5 Å². The van der Waals surface area contributed by atoms with Gasteiger partial charge in [-0.15, -0.1) is 0 Å². The molecule has 0 aromatic heterocycles. The van der Waals surface area contributed by atoms with E-state index in [0.717, 1.165) is 23.9 Å². The van der Waals surface area contributed by atoms with Gasteiger partial charge in [-0.2, -0.15) is 0 Å². The van der Waals surface area contributed by atoms with E-state index < -0.39 is 10.0 Å². The van der Waals surface area contributed by atoms with Crippen molar-refractivity contribution in [1.82, 2.24) is 9.80 Å². The molecule has 180 valence electrons. The first kappa shape index (κ1) is 24.7. The van der Waals surface area contributed by atoms with Crippen molar-refractivity contribution in [3.05, 3.63) is 42.5 Å². The van der Waals surface area contributed by atoms with Crippen LogP contribution in [0.15, 0.2) is 47.4 Å². The molecule has 0 N–H and O–H groups in total. The summed E-state index contributed by atoms with van der Waals surface area (Å²) in [5, 5.41) is 0. The van der Waals surface area contributed by atoms with Crippen LogP contribution in [0.1, 0.15) is 6.92 Å². The third-order valence-electron chi connectivity index (χ3n) is 5.75. The Hall–Kier alpha value is -2.98. The summed E-state index contributed by atoms with van der Waals surface area (Å²) in [5.74, 6) is 1.04. The third-order valence-corrected chi connectivity index (χ3v) is 7.52. The summed E-state index contributed by atoms with van der Waals surface area (Å²) in [6, 6.07) is 10.9. The second-order valence-electron chi connectivity index (χ2n) is 7.54. The summed E-state index contributed by atoms with van der Waals surface area (Å²) in [7, 11) is 0.371. The quantitative estimate of drug-likeness (QED) is 0.546. The summed E-state index contributed by atoms with van der Waals surface area (Å²) in [6.45, 7) is 5.38. The fourth-order valence-corrected chi connectivity index (χ4v) is 5.13. The van der Waals surface area contributed by atoms with Gasteiger partial charge >= 0.3 is 0 Å². The maximum absolute atomic E-state index is 13.7. The Balaban J connectivity index is 1.95. The van der Waals surface area contributed by atoms with Gasteiger partial charge in [0.25, 0.3) is 10.0 Å². The molecule has 2 aromatic rings. The molecule has 0 unspecified atom stereocenters. The van der Waals surface area contributed by atoms with Crippen molar-refractivity contribution in [3.63, 3.8) is 0 Å². The summed E-state index contributed by atoms with van der Waals surface area (Å²) in [5.41, 5.74) is 0.367. The number of ether oxygens (including phenoxy) is 3. The Kier molecular flexibility index (Phi) is 8.04. The highest BCUT2D eigenvalue weighted by Crippen LogP contribution is 2.32. The van der Waals surface area contributed by atoms with Gasteiger partial charge in [0, 0.05) is 32.2 Å². The van der Waals surface area contributed by atoms with Crippen LogP contribution in [0.4, 0.5) is 5.69 Å². The number of anilines is 1. The predicted octanol–water partition coefficient (Wildman–Crippen LogP) is 2.07. The SMILES string of the molecule is CCN1CCN(C(=O)CN(c2ccc(OC)cc2)S(=O)(=O)c2ccc(OC)c(OC)c2)CC1. The number of piperazine rings is 1. The molecule has 1 aliphatic heterocycles. The number of sulfonamides is 1. The molecule has 1 saturated heterocycles. The standard InChI is InChI=1S/C23H31N3O6S/c1-5-24-12-14-25(15-13-24)23(27)17-26(18-6-8-19(30-2)9-7-18)33(28,29)20-10-11-21(31-3)22(16-20)32-4/h6-11,16H,5,12-15,17H2,1-4H3. The highest BCUT2D eigenvalue weighted by molar-refractivity contribution is 7.92. The third kappa shape index (κ3) is 5.51. The molecule has 1 heterocycles. The lowest BCUT2D eigenvalue weighted by molar-refractivity contribution is -0.131. The van der Waals surface area contributed by atoms with E-state index in [2.05, 4.69) is 11.8 Å². The summed E-state index contributed by atoms with van der Waals surface area (Å²) >= 11 is 0. The lowest BCUT2D eigenvalue weighted by Gasteiger charge is -2.35. The number of rotatable bonds is 9. The maximum Gasteiger partial charge on any atom is 0.264 e. The van der Waals surface area contributed by atoms with E-state index in [1.807, 2.05) is 0 Å². The second-order valence-corrected chi connectivity index (χ2v) is 9.40. The Bertz CT molecular complexity index is 1050. The molecule has 0 aliphatic carbocycles. The van der Waals surface area contributed by atoms with E-state index in [9.17, 15) is 13.2 Å². The van der Waals surface area contributed by atoms with E-state index in [-0.39, 0.29) is 23.1 Å². The van der Waals surface area contributed by atoms with Gasteiger partial charge in [0.2, 0.25) is 5.91 Å². The largest absolute Gasteiger partial charge is 0.497 e. The van der Waals surface area contributed by atoms with Gasteiger partial charge in [-0.3, -0.25) is 9.10 Å². The van der Waals surface area contributed by atoms with Gasteiger partial charge in [0.05, 0.1) is 31.9 Å². The molecule has 2 aromatic carbocycles. The molecule has 1 amide bonds. The minimum Gasteiger partial charge on any atom is -0.497 e. The Morgan fingerprint density at radius 3 is 2.09 bits per heavy atom. The monoisotopic (exact) mass is 477 g/mol. The van der Waals surface area contributed by atoms with Crippen LogP contribution in [0.5, 0.6) is 17.2 Å². The van der Waals surface area contributed by atoms with E-state index >= 15 is 0 Å². The number of carbonyl (C=O) groups is 1. The zero-order valence-corrected chi connectivity index (χ0v) is 20.3. The van der Waals surface area contributed by atoms with Crippen LogP contribution in [-0.4, -0.2) is 84.7 Å². The topological polar surface area (TPSA) is 88.6 Å². The number of likely N-dealkylation sites (N-methyl/N-ethyl adjacent to an activating group) is 1. The molecule has 0 bridgehead atoms. The highest BCUT2D eigenvalue weighted by atomic mass is 32.2. The Morgan fingerprint density at radius 1 is 0.909 bits per heavy atom. The number of nitrogens with zero attached hydrogens (tertiary/aromatic N) is 3. The zero-order valence-electron chi connectivity index (χ0n) is 19.5. The number of hydrogen-bond acceptors (Lipinski definition) is 7. The van der Waals surface area contributed by atoms with Crippen molar-refractivity contribution in [3.8, 4) is 17.2 Å². The number of methoxy groups -OCH3 is 3. The molecule has 33 heavy (non-hydrogen) atoms. The Labute approximate surface area is 195 Å². The lowest BCUT2D eigenvalue weighted by atomic mass is 10.3. The molecule has 0 saturated carbocycles. The second kappa shape index (κ2) is 10.8. The van der Waals surface area contributed by atoms with E-state index in [4.69, 9.17) is 14.2 Å². The first-order valence-electron chi connectivity index (χ1n) is 10.7. The van der Waals surface area contributed by atoms with E-state index in [1.54, 1.807) is 29.2 Å². The average Bonchev–Trinajstić information content (AvgIpc) is 2.86. The number of carbonyl (C=O) groups excluding carboxylic acids is 1. The number of hydrogen-bond donors (Lipinski definition) is 0. The van der Waals surface area contributed by atoms with Crippen molar-refractivity contribution < 1.29 is 27.4 Å². The van der Waals surface area contributed by atoms with Crippen molar-refractivity contribution in [2.75, 3.05) is 64.9 Å². The molecule has 10 heteroatoms. The van der Waals surface area contributed by atoms with Gasteiger partial charge in [0.1, 0.15) is 12.3 Å². The van der Waals surface area contributed by atoms with Crippen LogP contribution in [0.25, 0.3) is 0 Å². The van der Waals surface area contributed by atoms with Crippen molar-refractivity contribution >= 4 is 21.6 Å². The fraction of sp³-hybridized carbons (Fsp3) is 0.435. The van der Waals surface area contributed by atoms with Crippen LogP contribution >= 0.6 is 0 Å². The lowest BCUT2D eigenvalue weighted by Crippen LogP contribution is -2.51. The summed E-state index contributed by atoms with van der Waals surface area (Å²) in [4.78, 5) is 17.1. The molecular weight excluding hydrogens is 446 g/mol. The zero-order chi connectivity index (χ0) is 24.0. The van der Waals surface area contributed by atoms with Crippen molar-refractivity contribution in [2.45, 2.75) is 11.8 Å². The molecule has 1 fully saturated rings. The van der Waals surface area contributed by atoms with Gasteiger partial charge in [-0.25, -0.2) is 8.42 Å². The first-order valence-corrected chi connectivity index (χ1v) is 12.2. The van der Waals surface area contributed by atoms with Crippen LogP contribution in [-0.2, 0) is 14.8 Å².